The molecule has 36 heavy (non-hydrogen) atoms. The van der Waals surface area contributed by atoms with Crippen molar-refractivity contribution in [3.05, 3.63) is 0 Å². The number of esters is 2. The molecular formula is C24H46O12. The quantitative estimate of drug-likeness (QED) is 0.144. The summed E-state index contributed by atoms with van der Waals surface area (Å²) in [5, 5.41) is 0. The molecule has 0 bridgehead atoms. The number of ketones is 2. The van der Waals surface area contributed by atoms with Crippen molar-refractivity contribution in [1.82, 2.24) is 0 Å². The second kappa shape index (κ2) is 26.1. The normalized spacial score (nSPS) is 11.2. The molecule has 12 heteroatoms. The predicted molar refractivity (Wildman–Crippen MR) is 131 cm³/mol. The first-order valence-corrected chi connectivity index (χ1v) is 11.2. The van der Waals surface area contributed by atoms with Crippen molar-refractivity contribution in [3.8, 4) is 0 Å². The standard InChI is InChI=1S/C15H24O8.C5H12O2.C4H10O2/c1-11(16)5-13(18)22-9-15(7-20-3,8-21-4)10-23-14(19)6-12(2)17;1-5(7-3)4-6-2;1-5-3-4-6-2/h5-10H2,1-4H3;5H,4H2,1-3H3;3-4H2,1-2H3. The molecule has 214 valence electrons. The lowest BCUT2D eigenvalue weighted by molar-refractivity contribution is -0.161. The molecule has 0 aromatic heterocycles. The van der Waals surface area contributed by atoms with Crippen LogP contribution in [0.15, 0.2) is 0 Å². The van der Waals surface area contributed by atoms with E-state index in [4.69, 9.17) is 28.4 Å². The van der Waals surface area contributed by atoms with Crippen molar-refractivity contribution < 1.29 is 57.1 Å². The molecule has 0 saturated carbocycles. The van der Waals surface area contributed by atoms with E-state index in [0.717, 1.165) is 0 Å². The van der Waals surface area contributed by atoms with Crippen LogP contribution in [0.1, 0.15) is 33.6 Å². The summed E-state index contributed by atoms with van der Waals surface area (Å²) in [6.45, 7) is 6.49. The molecule has 0 rings (SSSR count). The summed E-state index contributed by atoms with van der Waals surface area (Å²) >= 11 is 0. The molecule has 0 N–H and O–H groups in total. The van der Waals surface area contributed by atoms with E-state index in [1.165, 1.54) is 28.1 Å². The molecular weight excluding hydrogens is 480 g/mol. The van der Waals surface area contributed by atoms with Gasteiger partial charge in [0.25, 0.3) is 0 Å². The fourth-order valence-electron chi connectivity index (χ4n) is 2.31. The van der Waals surface area contributed by atoms with E-state index >= 15 is 0 Å². The van der Waals surface area contributed by atoms with Crippen molar-refractivity contribution >= 4 is 23.5 Å². The number of rotatable bonds is 18. The largest absolute Gasteiger partial charge is 0.464 e. The van der Waals surface area contributed by atoms with E-state index in [2.05, 4.69) is 9.47 Å². The Morgan fingerprint density at radius 2 is 1.00 bits per heavy atom. The predicted octanol–water partition coefficient (Wildman–Crippen LogP) is 1.26. The zero-order valence-electron chi connectivity index (χ0n) is 23.3. The van der Waals surface area contributed by atoms with Crippen molar-refractivity contribution in [1.29, 1.82) is 0 Å². The van der Waals surface area contributed by atoms with Crippen LogP contribution < -0.4 is 0 Å². The molecule has 0 aromatic rings. The van der Waals surface area contributed by atoms with Crippen LogP contribution in [0.4, 0.5) is 0 Å². The Morgan fingerprint density at radius 3 is 1.22 bits per heavy atom. The number of hydrogen-bond acceptors (Lipinski definition) is 12. The van der Waals surface area contributed by atoms with Gasteiger partial charge < -0.3 is 37.9 Å². The molecule has 0 aliphatic rings. The monoisotopic (exact) mass is 526 g/mol. The van der Waals surface area contributed by atoms with Gasteiger partial charge in [-0.1, -0.05) is 0 Å². The third-order valence-corrected chi connectivity index (χ3v) is 4.06. The minimum Gasteiger partial charge on any atom is -0.464 e. The minimum atomic E-state index is -0.914. The van der Waals surface area contributed by atoms with Crippen molar-refractivity contribution in [2.24, 2.45) is 5.41 Å². The van der Waals surface area contributed by atoms with Crippen molar-refractivity contribution in [3.63, 3.8) is 0 Å². The molecule has 0 aliphatic heterocycles. The lowest BCUT2D eigenvalue weighted by Crippen LogP contribution is -2.42. The van der Waals surface area contributed by atoms with Crippen molar-refractivity contribution in [2.75, 3.05) is 88.9 Å². The number of methoxy groups -OCH3 is 6. The average molecular weight is 527 g/mol. The van der Waals surface area contributed by atoms with E-state index < -0.39 is 17.4 Å². The number of Topliss-reactive ketones (excluding diaryl/α,β-unsaturated/α-hetero) is 2. The van der Waals surface area contributed by atoms with Gasteiger partial charge in [0.1, 0.15) is 37.6 Å². The Labute approximate surface area is 215 Å². The molecule has 1 atom stereocenters. The fraction of sp³-hybridized carbons (Fsp3) is 0.833. The second-order valence-electron chi connectivity index (χ2n) is 7.93. The summed E-state index contributed by atoms with van der Waals surface area (Å²) in [5.74, 6) is -1.98. The smallest absolute Gasteiger partial charge is 0.313 e. The Balaban J connectivity index is -0.000000682. The summed E-state index contributed by atoms with van der Waals surface area (Å²) in [5.41, 5.74) is -0.914. The number of ether oxygens (including phenoxy) is 8. The number of carbonyl (C=O) groups excluding carboxylic acids is 4. The summed E-state index contributed by atoms with van der Waals surface area (Å²) in [7, 11) is 9.52. The number of hydrogen-bond donors (Lipinski definition) is 0. The third-order valence-electron chi connectivity index (χ3n) is 4.06. The summed E-state index contributed by atoms with van der Waals surface area (Å²) < 4.78 is 39.2. The van der Waals surface area contributed by atoms with Gasteiger partial charge in [0.15, 0.2) is 0 Å². The maximum absolute atomic E-state index is 11.5. The van der Waals surface area contributed by atoms with Gasteiger partial charge in [-0.05, 0) is 20.8 Å². The van der Waals surface area contributed by atoms with E-state index in [-0.39, 0.29) is 56.9 Å². The summed E-state index contributed by atoms with van der Waals surface area (Å²) in [4.78, 5) is 44.8. The maximum atomic E-state index is 11.5. The van der Waals surface area contributed by atoms with Crippen LogP contribution in [0.3, 0.4) is 0 Å². The SMILES string of the molecule is COCC(C)OC.COCC(COC)(COC(=O)CC(C)=O)COC(=O)CC(C)=O.COCCOC. The van der Waals surface area contributed by atoms with Gasteiger partial charge in [-0.25, -0.2) is 0 Å². The van der Waals surface area contributed by atoms with Gasteiger partial charge in [0.05, 0.1) is 44.6 Å². The molecule has 0 aromatic carbocycles. The molecule has 0 saturated heterocycles. The van der Waals surface area contributed by atoms with Crippen LogP contribution in [0.25, 0.3) is 0 Å². The highest BCUT2D eigenvalue weighted by molar-refractivity contribution is 5.94. The average Bonchev–Trinajstić information content (AvgIpc) is 2.80. The fourth-order valence-corrected chi connectivity index (χ4v) is 2.31. The maximum Gasteiger partial charge on any atom is 0.313 e. The van der Waals surface area contributed by atoms with Gasteiger partial charge in [0.2, 0.25) is 0 Å². The first-order valence-electron chi connectivity index (χ1n) is 11.2. The van der Waals surface area contributed by atoms with Crippen LogP contribution in [-0.2, 0) is 57.1 Å². The van der Waals surface area contributed by atoms with Gasteiger partial charge in [-0.2, -0.15) is 0 Å². The first-order chi connectivity index (χ1) is 17.0. The van der Waals surface area contributed by atoms with Crippen molar-refractivity contribution in [2.45, 2.75) is 39.7 Å². The first kappa shape index (κ1) is 38.6. The van der Waals surface area contributed by atoms with Gasteiger partial charge in [-0.15, -0.1) is 0 Å². The molecule has 0 heterocycles. The Hall–Kier alpha value is -1.96. The highest BCUT2D eigenvalue weighted by Crippen LogP contribution is 2.21. The van der Waals surface area contributed by atoms with E-state index in [1.54, 1.807) is 28.4 Å². The number of carbonyl (C=O) groups is 4. The van der Waals surface area contributed by atoms with E-state index in [1.807, 2.05) is 6.92 Å². The topological polar surface area (TPSA) is 142 Å². The lowest BCUT2D eigenvalue weighted by atomic mass is 9.92. The molecule has 12 nitrogen and oxygen atoms in total. The summed E-state index contributed by atoms with van der Waals surface area (Å²) in [6.07, 6.45) is -0.439. The second-order valence-corrected chi connectivity index (χ2v) is 7.93. The molecule has 0 spiro atoms. The van der Waals surface area contributed by atoms with E-state index in [0.29, 0.717) is 19.8 Å². The zero-order valence-corrected chi connectivity index (χ0v) is 23.3. The summed E-state index contributed by atoms with van der Waals surface area (Å²) in [6, 6.07) is 0. The Morgan fingerprint density at radius 1 is 0.611 bits per heavy atom. The molecule has 1 unspecified atom stereocenters. The molecule has 0 fully saturated rings. The lowest BCUT2D eigenvalue weighted by Gasteiger charge is -2.31. The zero-order chi connectivity index (χ0) is 28.4. The highest BCUT2D eigenvalue weighted by Gasteiger charge is 2.34. The Kier molecular flexibility index (Phi) is 28.0. The van der Waals surface area contributed by atoms with Crippen LogP contribution in [-0.4, -0.2) is 119 Å². The minimum absolute atomic E-state index is 0.0988. The van der Waals surface area contributed by atoms with Gasteiger partial charge in [-0.3, -0.25) is 19.2 Å². The van der Waals surface area contributed by atoms with Gasteiger partial charge >= 0.3 is 11.9 Å². The highest BCUT2D eigenvalue weighted by atomic mass is 16.6. The molecule has 0 radical (unpaired) electrons. The van der Waals surface area contributed by atoms with Crippen LogP contribution >= 0.6 is 0 Å². The molecule has 0 amide bonds. The van der Waals surface area contributed by atoms with E-state index in [9.17, 15) is 19.2 Å². The third kappa shape index (κ3) is 26.6. The van der Waals surface area contributed by atoms with Crippen LogP contribution in [0.2, 0.25) is 0 Å². The van der Waals surface area contributed by atoms with Crippen LogP contribution in [0.5, 0.6) is 0 Å². The van der Waals surface area contributed by atoms with Gasteiger partial charge in [0, 0.05) is 42.7 Å². The van der Waals surface area contributed by atoms with Crippen LogP contribution in [0, 0.1) is 5.41 Å². The Bertz CT molecular complexity index is 535. The molecule has 0 aliphatic carbocycles.